The third kappa shape index (κ3) is 1.88. The zero-order valence-corrected chi connectivity index (χ0v) is 8.61. The van der Waals surface area contributed by atoms with Gasteiger partial charge >= 0.3 is 5.97 Å². The number of aromatic nitrogens is 1. The summed E-state index contributed by atoms with van der Waals surface area (Å²) in [5, 5.41) is 2.57. The lowest BCUT2D eigenvalue weighted by atomic mass is 10.2. The molecule has 82 valence electrons. The number of esters is 1. The maximum absolute atomic E-state index is 11.6. The summed E-state index contributed by atoms with van der Waals surface area (Å²) in [6.45, 7) is 0. The Balaban J connectivity index is 2.28. The van der Waals surface area contributed by atoms with Gasteiger partial charge in [0.25, 0.3) is 5.91 Å². The fourth-order valence-electron chi connectivity index (χ4n) is 1.42. The Morgan fingerprint density at radius 2 is 2.31 bits per heavy atom. The second-order valence-corrected chi connectivity index (χ2v) is 3.22. The Bertz CT molecular complexity index is 483. The minimum atomic E-state index is -0.501. The zero-order chi connectivity index (χ0) is 11.5. The highest BCUT2D eigenvalue weighted by Crippen LogP contribution is 2.19. The maximum atomic E-state index is 11.6. The Morgan fingerprint density at radius 3 is 2.94 bits per heavy atom. The average Bonchev–Trinajstić information content (AvgIpc) is 2.87. The predicted octanol–water partition coefficient (Wildman–Crippen LogP) is 0.585. The second-order valence-electron chi connectivity index (χ2n) is 3.22. The summed E-state index contributed by atoms with van der Waals surface area (Å²) in [5.74, 6) is -0.739. The Hall–Kier alpha value is -2.30. The molecular weight excluding hydrogens is 208 g/mol. The second kappa shape index (κ2) is 4.06. The van der Waals surface area contributed by atoms with Gasteiger partial charge in [0, 0.05) is 18.0 Å². The summed E-state index contributed by atoms with van der Waals surface area (Å²) >= 11 is 0. The number of carbonyl (C=O) groups excluding carboxylic acids is 2. The highest BCUT2D eigenvalue weighted by Gasteiger charge is 2.20. The van der Waals surface area contributed by atoms with Gasteiger partial charge in [-0.05, 0) is 18.2 Å². The molecule has 1 aliphatic rings. The van der Waals surface area contributed by atoms with Gasteiger partial charge < -0.3 is 15.0 Å². The van der Waals surface area contributed by atoms with Crippen molar-refractivity contribution in [1.29, 1.82) is 0 Å². The number of nitrogens with one attached hydrogen (secondary N) is 2. The lowest BCUT2D eigenvalue weighted by Gasteiger charge is -1.96. The van der Waals surface area contributed by atoms with Gasteiger partial charge in [-0.3, -0.25) is 4.79 Å². The van der Waals surface area contributed by atoms with Crippen LogP contribution in [0.1, 0.15) is 5.69 Å². The first kappa shape index (κ1) is 10.2. The number of rotatable bonds is 2. The Labute approximate surface area is 91.8 Å². The number of hydrogen-bond donors (Lipinski definition) is 2. The van der Waals surface area contributed by atoms with E-state index in [9.17, 15) is 9.59 Å². The molecule has 0 spiro atoms. The summed E-state index contributed by atoms with van der Waals surface area (Å²) in [6.07, 6.45) is 4.56. The van der Waals surface area contributed by atoms with Crippen LogP contribution in [-0.2, 0) is 14.3 Å². The van der Waals surface area contributed by atoms with Gasteiger partial charge in [-0.25, -0.2) is 4.79 Å². The van der Waals surface area contributed by atoms with Crippen LogP contribution >= 0.6 is 0 Å². The highest BCUT2D eigenvalue weighted by atomic mass is 16.5. The number of aromatic amines is 1. The first-order valence-electron chi connectivity index (χ1n) is 4.67. The van der Waals surface area contributed by atoms with Crippen molar-refractivity contribution >= 4 is 17.4 Å². The van der Waals surface area contributed by atoms with Crippen LogP contribution in [0.15, 0.2) is 36.2 Å². The molecule has 1 amide bonds. The van der Waals surface area contributed by atoms with Crippen LogP contribution in [0.25, 0.3) is 5.57 Å². The molecule has 0 radical (unpaired) electrons. The van der Waals surface area contributed by atoms with Crippen LogP contribution in [0.3, 0.4) is 0 Å². The van der Waals surface area contributed by atoms with Gasteiger partial charge in [0.15, 0.2) is 0 Å². The number of allylic oxidation sites excluding steroid dienone is 1. The maximum Gasteiger partial charge on any atom is 0.332 e. The smallest absolute Gasteiger partial charge is 0.332 e. The van der Waals surface area contributed by atoms with Crippen LogP contribution in [0.4, 0.5) is 0 Å². The summed E-state index contributed by atoms with van der Waals surface area (Å²) in [5.41, 5.74) is 1.65. The molecule has 2 rings (SSSR count). The van der Waals surface area contributed by atoms with Crippen molar-refractivity contribution < 1.29 is 14.3 Å². The molecule has 1 aromatic rings. The monoisotopic (exact) mass is 218 g/mol. The number of amides is 1. The molecule has 2 heterocycles. The number of hydrogen-bond acceptors (Lipinski definition) is 3. The standard InChI is InChI=1S/C11H10N2O3/c1-16-10(14)6-7-5-8(11(15)13-7)9-3-2-4-12-9/h2-6,12H,1H3,(H,13,15)/b7-6+. The normalized spacial score (nSPS) is 17.2. The van der Waals surface area contributed by atoms with Crippen molar-refractivity contribution in [3.8, 4) is 0 Å². The first-order chi connectivity index (χ1) is 7.70. The van der Waals surface area contributed by atoms with Crippen LogP contribution in [0.5, 0.6) is 0 Å². The molecule has 1 aromatic heterocycles. The minimum absolute atomic E-state index is 0.238. The molecule has 2 N–H and O–H groups in total. The van der Waals surface area contributed by atoms with Gasteiger partial charge in [0.1, 0.15) is 0 Å². The molecule has 0 aliphatic carbocycles. The van der Waals surface area contributed by atoms with Gasteiger partial charge in [-0.1, -0.05) is 0 Å². The molecule has 0 saturated heterocycles. The van der Waals surface area contributed by atoms with E-state index in [-0.39, 0.29) is 5.91 Å². The molecular formula is C11H10N2O3. The fourth-order valence-corrected chi connectivity index (χ4v) is 1.42. The van der Waals surface area contributed by atoms with E-state index in [1.54, 1.807) is 24.4 Å². The van der Waals surface area contributed by atoms with Crippen molar-refractivity contribution in [2.24, 2.45) is 0 Å². The molecule has 0 unspecified atom stereocenters. The lowest BCUT2D eigenvalue weighted by Crippen LogP contribution is -2.16. The molecule has 0 fully saturated rings. The van der Waals surface area contributed by atoms with Gasteiger partial charge in [-0.2, -0.15) is 0 Å². The van der Waals surface area contributed by atoms with E-state index in [4.69, 9.17) is 0 Å². The summed E-state index contributed by atoms with van der Waals surface area (Å²) in [4.78, 5) is 25.5. The third-order valence-electron chi connectivity index (χ3n) is 2.16. The first-order valence-corrected chi connectivity index (χ1v) is 4.67. The summed E-state index contributed by atoms with van der Waals surface area (Å²) in [6, 6.07) is 3.58. The summed E-state index contributed by atoms with van der Waals surface area (Å²) in [7, 11) is 1.28. The minimum Gasteiger partial charge on any atom is -0.466 e. The highest BCUT2D eigenvalue weighted by molar-refractivity contribution is 6.23. The Kier molecular flexibility index (Phi) is 2.59. The van der Waals surface area contributed by atoms with Gasteiger partial charge in [0.05, 0.1) is 18.4 Å². The van der Waals surface area contributed by atoms with Crippen molar-refractivity contribution in [2.75, 3.05) is 7.11 Å². The van der Waals surface area contributed by atoms with Crippen molar-refractivity contribution in [3.05, 3.63) is 41.9 Å². The van der Waals surface area contributed by atoms with Gasteiger partial charge in [-0.15, -0.1) is 0 Å². The van der Waals surface area contributed by atoms with E-state index < -0.39 is 5.97 Å². The molecule has 16 heavy (non-hydrogen) atoms. The van der Waals surface area contributed by atoms with Crippen LogP contribution in [0, 0.1) is 0 Å². The van der Waals surface area contributed by atoms with Crippen LogP contribution < -0.4 is 5.32 Å². The lowest BCUT2D eigenvalue weighted by molar-refractivity contribution is -0.134. The van der Waals surface area contributed by atoms with E-state index in [0.29, 0.717) is 17.0 Å². The van der Waals surface area contributed by atoms with E-state index in [0.717, 1.165) is 0 Å². The van der Waals surface area contributed by atoms with Crippen LogP contribution in [-0.4, -0.2) is 24.0 Å². The third-order valence-corrected chi connectivity index (χ3v) is 2.16. The van der Waals surface area contributed by atoms with E-state index in [1.807, 2.05) is 0 Å². The number of carbonyl (C=O) groups is 2. The van der Waals surface area contributed by atoms with Crippen molar-refractivity contribution in [2.45, 2.75) is 0 Å². The van der Waals surface area contributed by atoms with E-state index >= 15 is 0 Å². The molecule has 1 aliphatic heterocycles. The number of methoxy groups -OCH3 is 1. The van der Waals surface area contributed by atoms with Crippen molar-refractivity contribution in [1.82, 2.24) is 10.3 Å². The van der Waals surface area contributed by atoms with E-state index in [2.05, 4.69) is 15.0 Å². The fraction of sp³-hybridized carbons (Fsp3) is 0.0909. The molecule has 5 heteroatoms. The SMILES string of the molecule is COC(=O)/C=C1\C=C(c2ccc[nH]2)C(=O)N1. The molecule has 5 nitrogen and oxygen atoms in total. The average molecular weight is 218 g/mol. The topological polar surface area (TPSA) is 71.2 Å². The molecule has 0 atom stereocenters. The molecule has 0 aromatic carbocycles. The molecule has 0 saturated carbocycles. The summed E-state index contributed by atoms with van der Waals surface area (Å²) < 4.78 is 4.47. The number of H-pyrrole nitrogens is 1. The number of ether oxygens (including phenoxy) is 1. The Morgan fingerprint density at radius 1 is 1.50 bits per heavy atom. The zero-order valence-electron chi connectivity index (χ0n) is 8.61. The quantitative estimate of drug-likeness (QED) is 0.563. The predicted molar refractivity (Wildman–Crippen MR) is 57.0 cm³/mol. The largest absolute Gasteiger partial charge is 0.466 e. The van der Waals surface area contributed by atoms with Crippen LogP contribution in [0.2, 0.25) is 0 Å². The van der Waals surface area contributed by atoms with Gasteiger partial charge in [0.2, 0.25) is 0 Å². The molecule has 0 bridgehead atoms. The van der Waals surface area contributed by atoms with Crippen molar-refractivity contribution in [3.63, 3.8) is 0 Å². The van der Waals surface area contributed by atoms with E-state index in [1.165, 1.54) is 13.2 Å².